The van der Waals surface area contributed by atoms with Crippen molar-refractivity contribution in [1.82, 2.24) is 9.97 Å². The van der Waals surface area contributed by atoms with Gasteiger partial charge in [0.05, 0.1) is 29.6 Å². The topological polar surface area (TPSA) is 184 Å². The number of phenolic OH excluding ortho intramolecular Hbond substituents is 2. The van der Waals surface area contributed by atoms with Crippen LogP contribution in [-0.4, -0.2) is 49.8 Å². The van der Waals surface area contributed by atoms with Gasteiger partial charge in [0.15, 0.2) is 0 Å². The van der Waals surface area contributed by atoms with Gasteiger partial charge in [0, 0.05) is 49.0 Å². The summed E-state index contributed by atoms with van der Waals surface area (Å²) < 4.78 is 4.76. The predicted octanol–water partition coefficient (Wildman–Crippen LogP) is 4.44. The van der Waals surface area contributed by atoms with Crippen LogP contribution < -0.4 is 29.5 Å². The fourth-order valence-corrected chi connectivity index (χ4v) is 4.91. The second kappa shape index (κ2) is 19.2. The first-order valence-electron chi connectivity index (χ1n) is 15.2. The van der Waals surface area contributed by atoms with Crippen LogP contribution in [0.25, 0.3) is 22.3 Å². The zero-order chi connectivity index (χ0) is 34.6. The van der Waals surface area contributed by atoms with Crippen LogP contribution in [0.5, 0.6) is 11.5 Å². The van der Waals surface area contributed by atoms with Gasteiger partial charge in [-0.3, -0.25) is 9.97 Å². The maximum absolute atomic E-state index is 11.7. The van der Waals surface area contributed by atoms with Crippen molar-refractivity contribution in [2.45, 2.75) is 13.1 Å². The Balaban J connectivity index is 0.000000265. The van der Waals surface area contributed by atoms with Gasteiger partial charge in [-0.2, -0.15) is 0 Å². The molecule has 2 aromatic heterocycles. The van der Waals surface area contributed by atoms with E-state index in [1.807, 2.05) is 42.5 Å². The molecule has 0 aliphatic rings. The second-order valence-electron chi connectivity index (χ2n) is 10.9. The fraction of sp³-hybridized carbons (Fsp3) is 0.0769. The van der Waals surface area contributed by atoms with Gasteiger partial charge in [0.25, 0.3) is 0 Å². The number of carbonyl (C=O) groups is 2. The summed E-state index contributed by atoms with van der Waals surface area (Å²) in [5, 5.41) is 34.6. The van der Waals surface area contributed by atoms with Gasteiger partial charge < -0.3 is 36.2 Å². The predicted molar refractivity (Wildman–Crippen MR) is 190 cm³/mol. The minimum atomic E-state index is -0.956. The van der Waals surface area contributed by atoms with Gasteiger partial charge in [-0.1, -0.05) is 48.5 Å². The number of aromatic carboxylic acids is 1. The van der Waals surface area contributed by atoms with E-state index in [0.717, 1.165) is 44.8 Å². The summed E-state index contributed by atoms with van der Waals surface area (Å²) in [6.45, 7) is 1.12. The third-order valence-electron chi connectivity index (χ3n) is 7.35. The average Bonchev–Trinajstić information content (AvgIpc) is 3.13. The number of aromatic nitrogens is 2. The molecule has 6 rings (SSSR count). The van der Waals surface area contributed by atoms with E-state index >= 15 is 0 Å². The molecule has 4 aromatic carbocycles. The number of ether oxygens (including phenoxy) is 1. The minimum Gasteiger partial charge on any atom is -0.870 e. The van der Waals surface area contributed by atoms with Crippen LogP contribution >= 0.6 is 0 Å². The van der Waals surface area contributed by atoms with Crippen LogP contribution in [0, 0.1) is 0 Å². The molecule has 0 unspecified atom stereocenters. The summed E-state index contributed by atoms with van der Waals surface area (Å²) in [7, 11) is 1.36. The van der Waals surface area contributed by atoms with Gasteiger partial charge in [0.1, 0.15) is 11.5 Å². The van der Waals surface area contributed by atoms with Gasteiger partial charge in [-0.25, -0.2) is 9.59 Å². The smallest absolute Gasteiger partial charge is 0.870 e. The molecule has 0 amide bonds. The number of anilines is 2. The number of carboxylic acid groups (broad SMARTS) is 1. The molecular weight excluding hydrogens is 643 g/mol. The zero-order valence-corrected chi connectivity index (χ0v) is 28.0. The van der Waals surface area contributed by atoms with Crippen LogP contribution in [0.4, 0.5) is 11.4 Å². The van der Waals surface area contributed by atoms with E-state index in [1.54, 1.807) is 91.5 Å². The third kappa shape index (κ3) is 11.5. The zero-order valence-electron chi connectivity index (χ0n) is 28.0. The van der Waals surface area contributed by atoms with E-state index < -0.39 is 5.97 Å². The van der Waals surface area contributed by atoms with Crippen LogP contribution in [0.15, 0.2) is 134 Å². The number of nitrogens with one attached hydrogen (secondary N) is 2. The van der Waals surface area contributed by atoms with Crippen molar-refractivity contribution in [3.05, 3.63) is 156 Å². The number of rotatable bonds is 10. The van der Waals surface area contributed by atoms with Crippen molar-refractivity contribution in [3.8, 4) is 33.8 Å². The first-order valence-corrected chi connectivity index (χ1v) is 15.2. The summed E-state index contributed by atoms with van der Waals surface area (Å²) >= 11 is 0. The molecule has 0 aliphatic carbocycles. The summed E-state index contributed by atoms with van der Waals surface area (Å²) in [5.74, 6) is -0.853. The number of aromatic hydroxyl groups is 2. The molecule has 0 radical (unpaired) electrons. The van der Waals surface area contributed by atoms with E-state index in [2.05, 4.69) is 20.6 Å². The van der Waals surface area contributed by atoms with Gasteiger partial charge >= 0.3 is 30.8 Å². The molecule has 2 heterocycles. The number of carbonyl (C=O) groups excluding carboxylic acids is 1. The van der Waals surface area contributed by atoms with Crippen molar-refractivity contribution in [2.24, 2.45) is 0 Å². The Morgan fingerprint density at radius 3 is 1.51 bits per heavy atom. The summed E-state index contributed by atoms with van der Waals surface area (Å²) in [6, 6.07) is 32.0. The van der Waals surface area contributed by atoms with Crippen LogP contribution in [0.2, 0.25) is 0 Å². The number of carboxylic acids is 1. The molecule has 51 heavy (non-hydrogen) atoms. The summed E-state index contributed by atoms with van der Waals surface area (Å²) in [5.41, 5.74) is 7.74. The molecule has 0 aliphatic heterocycles. The molecule has 6 aromatic rings. The Morgan fingerprint density at radius 2 is 1.06 bits per heavy atom. The SMILES string of the molecule is COC(=O)c1cccc(-c2cncc(NCc3cccc(O)c3)c2)c1.O=C(O)c1cccc(-c2cncc(NCc3cccc(O)c3)c2)c1.[Li+].[OH-]. The Labute approximate surface area is 307 Å². The van der Waals surface area contributed by atoms with Crippen molar-refractivity contribution in [2.75, 3.05) is 17.7 Å². The Kier molecular flexibility index (Phi) is 14.8. The fourth-order valence-electron chi connectivity index (χ4n) is 4.91. The number of hydrogen-bond acceptors (Lipinski definition) is 10. The van der Waals surface area contributed by atoms with Crippen LogP contribution in [-0.2, 0) is 17.8 Å². The van der Waals surface area contributed by atoms with Gasteiger partial charge in [-0.15, -0.1) is 0 Å². The molecule has 0 spiro atoms. The molecule has 11 nitrogen and oxygen atoms in total. The molecule has 0 bridgehead atoms. The molecule has 0 saturated heterocycles. The number of hydrogen-bond donors (Lipinski definition) is 5. The van der Waals surface area contributed by atoms with Crippen molar-refractivity contribution in [3.63, 3.8) is 0 Å². The Bertz CT molecular complexity index is 2080. The Hall–Kier alpha value is -6.12. The molecule has 0 atom stereocenters. The van der Waals surface area contributed by atoms with Crippen molar-refractivity contribution < 1.29 is 54.0 Å². The first-order chi connectivity index (χ1) is 23.8. The first kappa shape index (κ1) is 39.3. The molecule has 254 valence electrons. The number of pyridine rings is 2. The quantitative estimate of drug-likeness (QED) is 0.102. The van der Waals surface area contributed by atoms with Crippen LogP contribution in [0.1, 0.15) is 31.8 Å². The molecule has 12 heteroatoms. The van der Waals surface area contributed by atoms with Crippen LogP contribution in [0.3, 0.4) is 0 Å². The second-order valence-corrected chi connectivity index (χ2v) is 10.9. The molecule has 0 saturated carbocycles. The van der Waals surface area contributed by atoms with Crippen molar-refractivity contribution >= 4 is 23.3 Å². The summed E-state index contributed by atoms with van der Waals surface area (Å²) in [6.07, 6.45) is 6.88. The number of phenols is 2. The number of nitrogens with zero attached hydrogens (tertiary/aromatic N) is 2. The standard InChI is InChI=1S/C20H18N2O3.C19H16N2O3.Li.H2O/c1-25-20(24)16-6-3-5-15(9-16)17-10-18(13-21-12-17)22-11-14-4-2-7-19(23)8-14;22-18-6-1-3-13(7-18)10-21-17-9-16(11-20-12-17)14-4-2-5-15(8-14)19(23)24;;/h2-10,12-13,22-23H,11H2,1H3;1-9,11-12,21-22H,10H2,(H,23,24);;1H2/q;;+1;/p-1. The van der Waals surface area contributed by atoms with Gasteiger partial charge in [-0.05, 0) is 82.9 Å². The number of methoxy groups -OCH3 is 1. The molecule has 6 N–H and O–H groups in total. The van der Waals surface area contributed by atoms with E-state index in [9.17, 15) is 19.8 Å². The maximum Gasteiger partial charge on any atom is 1.00 e. The van der Waals surface area contributed by atoms with Gasteiger partial charge in [0.2, 0.25) is 0 Å². The number of benzene rings is 4. The van der Waals surface area contributed by atoms with Crippen molar-refractivity contribution in [1.29, 1.82) is 0 Å². The van der Waals surface area contributed by atoms with E-state index in [0.29, 0.717) is 18.7 Å². The Morgan fingerprint density at radius 1 is 0.608 bits per heavy atom. The monoisotopic (exact) mass is 678 g/mol. The van der Waals surface area contributed by atoms with E-state index in [1.165, 1.54) is 7.11 Å². The average molecular weight is 679 g/mol. The number of esters is 1. The van der Waals surface area contributed by atoms with E-state index in [4.69, 9.17) is 9.84 Å². The summed E-state index contributed by atoms with van der Waals surface area (Å²) in [4.78, 5) is 31.2. The molecule has 0 fully saturated rings. The minimum absolute atomic E-state index is 0. The van der Waals surface area contributed by atoms with E-state index in [-0.39, 0.29) is 47.4 Å². The third-order valence-corrected chi connectivity index (χ3v) is 7.35. The molecular formula is C39H35LiN4O7. The maximum atomic E-state index is 11.7. The largest absolute Gasteiger partial charge is 1.00 e. The normalized spacial score (nSPS) is 9.90.